The molecule has 0 atom stereocenters. The molecule has 0 fully saturated rings. The van der Waals surface area contributed by atoms with Crippen molar-refractivity contribution in [3.05, 3.63) is 18.1 Å². The molecule has 2 aromatic rings. The summed E-state index contributed by atoms with van der Waals surface area (Å²) in [5, 5.41) is 18.5. The van der Waals surface area contributed by atoms with Gasteiger partial charge in [0, 0.05) is 19.3 Å². The molecule has 7 heteroatoms. The van der Waals surface area contributed by atoms with E-state index in [0.29, 0.717) is 6.54 Å². The molecule has 74 valence electrons. The Hall–Kier alpha value is -1.76. The maximum Gasteiger partial charge on any atom is 0.179 e. The molecule has 2 rings (SSSR count). The first-order valence-electron chi connectivity index (χ1n) is 4.23. The molecule has 14 heavy (non-hydrogen) atoms. The number of nitrogens with one attached hydrogen (secondary N) is 1. The summed E-state index contributed by atoms with van der Waals surface area (Å²) in [6.07, 6.45) is 1.85. The molecule has 1 N–H and O–H groups in total. The van der Waals surface area contributed by atoms with E-state index in [9.17, 15) is 0 Å². The molecule has 0 aliphatic rings. The summed E-state index contributed by atoms with van der Waals surface area (Å²) in [7, 11) is 3.70. The van der Waals surface area contributed by atoms with Gasteiger partial charge in [-0.1, -0.05) is 0 Å². The average molecular weight is 193 g/mol. The van der Waals surface area contributed by atoms with Gasteiger partial charge in [0.1, 0.15) is 0 Å². The summed E-state index contributed by atoms with van der Waals surface area (Å²) in [6, 6.07) is 1.86. The third-order valence-corrected chi connectivity index (χ3v) is 1.79. The van der Waals surface area contributed by atoms with Gasteiger partial charge in [-0.3, -0.25) is 4.68 Å². The lowest BCUT2D eigenvalue weighted by molar-refractivity contribution is 0.674. The maximum absolute atomic E-state index is 4.21. The summed E-state index contributed by atoms with van der Waals surface area (Å²) in [4.78, 5) is 0. The highest BCUT2D eigenvalue weighted by Crippen LogP contribution is 2.03. The number of aromatic nitrogens is 6. The lowest BCUT2D eigenvalue weighted by Crippen LogP contribution is -2.12. The molecular weight excluding hydrogens is 182 g/mol. The van der Waals surface area contributed by atoms with Crippen LogP contribution in [0.4, 0.5) is 0 Å². The third kappa shape index (κ3) is 1.49. The van der Waals surface area contributed by atoms with Crippen LogP contribution in [0.15, 0.2) is 12.3 Å². The number of rotatable bonds is 3. The maximum atomic E-state index is 4.21. The lowest BCUT2D eigenvalue weighted by atomic mass is 10.5. The first-order valence-corrected chi connectivity index (χ1v) is 4.23. The molecule has 2 aromatic heterocycles. The first-order chi connectivity index (χ1) is 6.81. The highest BCUT2D eigenvalue weighted by molar-refractivity contribution is 5.18. The van der Waals surface area contributed by atoms with Crippen LogP contribution in [0, 0.1) is 0 Å². The molecular formula is C7H11N7. The highest BCUT2D eigenvalue weighted by atomic mass is 15.6. The van der Waals surface area contributed by atoms with Gasteiger partial charge in [0.2, 0.25) is 0 Å². The molecule has 0 saturated heterocycles. The van der Waals surface area contributed by atoms with Gasteiger partial charge >= 0.3 is 0 Å². The van der Waals surface area contributed by atoms with Crippen LogP contribution in [0.25, 0.3) is 5.82 Å². The van der Waals surface area contributed by atoms with E-state index in [1.54, 1.807) is 9.36 Å². The van der Waals surface area contributed by atoms with Crippen molar-refractivity contribution in [2.75, 3.05) is 7.05 Å². The second-order valence-corrected chi connectivity index (χ2v) is 2.88. The predicted octanol–water partition coefficient (Wildman–Crippen LogP) is -0.885. The predicted molar refractivity (Wildman–Crippen MR) is 48.7 cm³/mol. The quantitative estimate of drug-likeness (QED) is 0.685. The SMILES string of the molecule is CNCc1nnnn1-c1ccn(C)n1. The molecule has 2 heterocycles. The van der Waals surface area contributed by atoms with Crippen molar-refractivity contribution >= 4 is 0 Å². The van der Waals surface area contributed by atoms with Crippen molar-refractivity contribution in [3.63, 3.8) is 0 Å². The number of tetrazole rings is 1. The smallest absolute Gasteiger partial charge is 0.179 e. The van der Waals surface area contributed by atoms with E-state index in [1.165, 1.54) is 0 Å². The van der Waals surface area contributed by atoms with E-state index in [0.717, 1.165) is 11.6 Å². The fourth-order valence-electron chi connectivity index (χ4n) is 1.17. The van der Waals surface area contributed by atoms with E-state index in [4.69, 9.17) is 0 Å². The first kappa shape index (κ1) is 8.82. The van der Waals surface area contributed by atoms with Crippen molar-refractivity contribution in [1.82, 2.24) is 35.3 Å². The summed E-state index contributed by atoms with van der Waals surface area (Å²) in [6.45, 7) is 0.615. The molecule has 0 aliphatic carbocycles. The standard InChI is InChI=1S/C7H11N7/c1-8-5-7-9-11-12-14(7)6-3-4-13(2)10-6/h3-4,8H,5H2,1-2H3. The molecule has 0 aliphatic heterocycles. The minimum atomic E-state index is 0.615. The zero-order valence-electron chi connectivity index (χ0n) is 8.05. The van der Waals surface area contributed by atoms with Gasteiger partial charge < -0.3 is 5.32 Å². The van der Waals surface area contributed by atoms with E-state index in [2.05, 4.69) is 25.9 Å². The van der Waals surface area contributed by atoms with Crippen LogP contribution in [-0.4, -0.2) is 37.0 Å². The molecule has 7 nitrogen and oxygen atoms in total. The summed E-state index contributed by atoms with van der Waals surface area (Å²) >= 11 is 0. The second-order valence-electron chi connectivity index (χ2n) is 2.88. The fourth-order valence-corrected chi connectivity index (χ4v) is 1.17. The minimum Gasteiger partial charge on any atom is -0.313 e. The molecule has 0 saturated carbocycles. The summed E-state index contributed by atoms with van der Waals surface area (Å²) in [5.41, 5.74) is 0. The number of aryl methyl sites for hydroxylation is 1. The molecule has 0 radical (unpaired) electrons. The average Bonchev–Trinajstić information content (AvgIpc) is 2.74. The zero-order valence-corrected chi connectivity index (χ0v) is 8.05. The highest BCUT2D eigenvalue weighted by Gasteiger charge is 2.08. The van der Waals surface area contributed by atoms with Crippen LogP contribution >= 0.6 is 0 Å². The Morgan fingerprint density at radius 3 is 3.00 bits per heavy atom. The van der Waals surface area contributed by atoms with Crippen molar-refractivity contribution in [2.45, 2.75) is 6.54 Å². The Morgan fingerprint density at radius 2 is 2.36 bits per heavy atom. The van der Waals surface area contributed by atoms with Crippen LogP contribution in [0.3, 0.4) is 0 Å². The van der Waals surface area contributed by atoms with E-state index >= 15 is 0 Å². The largest absolute Gasteiger partial charge is 0.313 e. The molecule has 0 spiro atoms. The monoisotopic (exact) mass is 193 g/mol. The van der Waals surface area contributed by atoms with E-state index in [1.807, 2.05) is 26.4 Å². The van der Waals surface area contributed by atoms with Gasteiger partial charge in [0.25, 0.3) is 0 Å². The van der Waals surface area contributed by atoms with Gasteiger partial charge in [-0.15, -0.1) is 5.10 Å². The van der Waals surface area contributed by atoms with Crippen LogP contribution in [0.5, 0.6) is 0 Å². The van der Waals surface area contributed by atoms with Gasteiger partial charge in [-0.05, 0) is 17.5 Å². The Labute approximate surface area is 80.7 Å². The topological polar surface area (TPSA) is 73.5 Å². The van der Waals surface area contributed by atoms with Crippen molar-refractivity contribution in [3.8, 4) is 5.82 Å². The van der Waals surface area contributed by atoms with Gasteiger partial charge in [-0.25, -0.2) is 0 Å². The van der Waals surface area contributed by atoms with Crippen LogP contribution in [-0.2, 0) is 13.6 Å². The molecule has 0 aromatic carbocycles. The van der Waals surface area contributed by atoms with Gasteiger partial charge in [0.15, 0.2) is 11.6 Å². The normalized spacial score (nSPS) is 10.7. The minimum absolute atomic E-state index is 0.615. The lowest BCUT2D eigenvalue weighted by Gasteiger charge is -1.98. The molecule has 0 amide bonds. The van der Waals surface area contributed by atoms with Crippen molar-refractivity contribution < 1.29 is 0 Å². The fraction of sp³-hybridized carbons (Fsp3) is 0.429. The Kier molecular flexibility index (Phi) is 2.23. The molecule has 0 bridgehead atoms. The Balaban J connectivity index is 2.36. The van der Waals surface area contributed by atoms with E-state index in [-0.39, 0.29) is 0 Å². The zero-order chi connectivity index (χ0) is 9.97. The van der Waals surface area contributed by atoms with Crippen LogP contribution in [0.2, 0.25) is 0 Å². The number of hydrogen-bond acceptors (Lipinski definition) is 5. The molecule has 0 unspecified atom stereocenters. The van der Waals surface area contributed by atoms with Crippen LogP contribution < -0.4 is 5.32 Å². The summed E-state index contributed by atoms with van der Waals surface area (Å²) in [5.74, 6) is 1.47. The van der Waals surface area contributed by atoms with Crippen molar-refractivity contribution in [1.29, 1.82) is 0 Å². The van der Waals surface area contributed by atoms with E-state index < -0.39 is 0 Å². The number of hydrogen-bond donors (Lipinski definition) is 1. The number of nitrogens with zero attached hydrogens (tertiary/aromatic N) is 6. The van der Waals surface area contributed by atoms with Gasteiger partial charge in [-0.2, -0.15) is 9.78 Å². The second kappa shape index (κ2) is 3.54. The van der Waals surface area contributed by atoms with Crippen molar-refractivity contribution in [2.24, 2.45) is 7.05 Å². The summed E-state index contributed by atoms with van der Waals surface area (Å²) < 4.78 is 3.32. The Bertz CT molecular complexity index is 415. The van der Waals surface area contributed by atoms with Gasteiger partial charge in [0.05, 0.1) is 6.54 Å². The third-order valence-electron chi connectivity index (χ3n) is 1.79. The Morgan fingerprint density at radius 1 is 1.50 bits per heavy atom. The van der Waals surface area contributed by atoms with Crippen LogP contribution in [0.1, 0.15) is 5.82 Å².